The second kappa shape index (κ2) is 5.22. The predicted octanol–water partition coefficient (Wildman–Crippen LogP) is 4.66. The molecule has 0 aliphatic rings. The molecule has 0 radical (unpaired) electrons. The zero-order valence-corrected chi connectivity index (χ0v) is 12.6. The van der Waals surface area contributed by atoms with Gasteiger partial charge >= 0.3 is 5.97 Å². The second-order valence-corrected chi connectivity index (χ2v) is 5.59. The number of carboxylic acid groups (broad SMARTS) is 1. The van der Waals surface area contributed by atoms with E-state index in [0.717, 1.165) is 0 Å². The second-order valence-electron chi connectivity index (χ2n) is 4.31. The number of carbonyl (C=O) groups is 1. The summed E-state index contributed by atoms with van der Waals surface area (Å²) in [6.45, 7) is 0. The van der Waals surface area contributed by atoms with Gasteiger partial charge < -0.3 is 5.11 Å². The Morgan fingerprint density at radius 2 is 1.81 bits per heavy atom. The van der Waals surface area contributed by atoms with Crippen LogP contribution in [0.4, 0.5) is 0 Å². The van der Waals surface area contributed by atoms with Crippen LogP contribution in [-0.2, 0) is 0 Å². The average molecular weight is 342 g/mol. The quantitative estimate of drug-likeness (QED) is 0.737. The lowest BCUT2D eigenvalue weighted by Crippen LogP contribution is -2.03. The molecule has 3 aromatic rings. The number of imidazole rings is 1. The van der Waals surface area contributed by atoms with Gasteiger partial charge in [-0.2, -0.15) is 0 Å². The van der Waals surface area contributed by atoms with Gasteiger partial charge in [0.15, 0.2) is 5.69 Å². The molecule has 4 nitrogen and oxygen atoms in total. The van der Waals surface area contributed by atoms with E-state index in [-0.39, 0.29) is 11.4 Å². The van der Waals surface area contributed by atoms with E-state index >= 15 is 0 Å². The zero-order chi connectivity index (χ0) is 15.1. The molecule has 0 amide bonds. The lowest BCUT2D eigenvalue weighted by atomic mass is 10.1. The Bertz CT molecular complexity index is 874. The third-order valence-electron chi connectivity index (χ3n) is 2.97. The van der Waals surface area contributed by atoms with Crippen molar-refractivity contribution in [3.05, 3.63) is 57.3 Å². The SMILES string of the molecule is O=C(O)c1c(-c2ccc(Cl)cc2Cl)nc2ccc(Cl)cn12. The normalized spacial score (nSPS) is 11.0. The summed E-state index contributed by atoms with van der Waals surface area (Å²) in [6.07, 6.45) is 1.50. The van der Waals surface area contributed by atoms with E-state index in [2.05, 4.69) is 4.98 Å². The van der Waals surface area contributed by atoms with E-state index in [0.29, 0.717) is 26.3 Å². The maximum absolute atomic E-state index is 11.6. The van der Waals surface area contributed by atoms with Crippen LogP contribution in [0.25, 0.3) is 16.9 Å². The van der Waals surface area contributed by atoms with Gasteiger partial charge in [0, 0.05) is 16.8 Å². The third-order valence-corrected chi connectivity index (χ3v) is 3.74. The van der Waals surface area contributed by atoms with Crippen LogP contribution >= 0.6 is 34.8 Å². The van der Waals surface area contributed by atoms with E-state index in [1.165, 1.54) is 10.6 Å². The molecule has 0 aliphatic carbocycles. The highest BCUT2D eigenvalue weighted by atomic mass is 35.5. The molecule has 106 valence electrons. The predicted molar refractivity (Wildman–Crippen MR) is 82.6 cm³/mol. The molecule has 2 aromatic heterocycles. The van der Waals surface area contributed by atoms with E-state index < -0.39 is 5.97 Å². The Morgan fingerprint density at radius 3 is 2.48 bits per heavy atom. The minimum Gasteiger partial charge on any atom is -0.476 e. The summed E-state index contributed by atoms with van der Waals surface area (Å²) in [5.74, 6) is -1.12. The van der Waals surface area contributed by atoms with E-state index in [4.69, 9.17) is 34.8 Å². The largest absolute Gasteiger partial charge is 0.476 e. The van der Waals surface area contributed by atoms with Crippen LogP contribution < -0.4 is 0 Å². The molecule has 0 spiro atoms. The van der Waals surface area contributed by atoms with Gasteiger partial charge in [0.2, 0.25) is 0 Å². The Balaban J connectivity index is 2.36. The maximum Gasteiger partial charge on any atom is 0.355 e. The molecule has 21 heavy (non-hydrogen) atoms. The minimum absolute atomic E-state index is 0.00303. The van der Waals surface area contributed by atoms with Gasteiger partial charge in [0.05, 0.1) is 10.0 Å². The van der Waals surface area contributed by atoms with Crippen LogP contribution in [0.5, 0.6) is 0 Å². The summed E-state index contributed by atoms with van der Waals surface area (Å²) in [7, 11) is 0. The lowest BCUT2D eigenvalue weighted by Gasteiger charge is -2.03. The topological polar surface area (TPSA) is 54.6 Å². The average Bonchev–Trinajstić information content (AvgIpc) is 2.76. The highest BCUT2D eigenvalue weighted by molar-refractivity contribution is 6.36. The molecule has 0 bridgehead atoms. The van der Waals surface area contributed by atoms with Crippen LogP contribution in [0.3, 0.4) is 0 Å². The van der Waals surface area contributed by atoms with Gasteiger partial charge in [0.25, 0.3) is 0 Å². The number of aromatic nitrogens is 2. The molecule has 0 atom stereocenters. The Kier molecular flexibility index (Phi) is 3.53. The first-order chi connectivity index (χ1) is 9.97. The number of fused-ring (bicyclic) bond motifs is 1. The Labute approximate surface area is 134 Å². The number of benzene rings is 1. The molecule has 1 aromatic carbocycles. The Hall–Kier alpha value is -1.75. The van der Waals surface area contributed by atoms with E-state index in [1.54, 1.807) is 30.3 Å². The van der Waals surface area contributed by atoms with Crippen molar-refractivity contribution in [3.8, 4) is 11.3 Å². The van der Waals surface area contributed by atoms with Crippen molar-refractivity contribution in [2.75, 3.05) is 0 Å². The zero-order valence-electron chi connectivity index (χ0n) is 10.3. The van der Waals surface area contributed by atoms with Crippen molar-refractivity contribution in [1.82, 2.24) is 9.38 Å². The summed E-state index contributed by atoms with van der Waals surface area (Å²) in [5.41, 5.74) is 1.24. The minimum atomic E-state index is -1.12. The molecule has 0 aliphatic heterocycles. The number of pyridine rings is 1. The van der Waals surface area contributed by atoms with Crippen LogP contribution in [0.1, 0.15) is 10.5 Å². The highest BCUT2D eigenvalue weighted by Gasteiger charge is 2.21. The first kappa shape index (κ1) is 14.2. The number of nitrogens with zero attached hydrogens (tertiary/aromatic N) is 2. The smallest absolute Gasteiger partial charge is 0.355 e. The van der Waals surface area contributed by atoms with Gasteiger partial charge in [0.1, 0.15) is 11.3 Å². The van der Waals surface area contributed by atoms with Crippen LogP contribution in [-0.4, -0.2) is 20.5 Å². The molecule has 3 rings (SSSR count). The molecule has 0 unspecified atom stereocenters. The lowest BCUT2D eigenvalue weighted by molar-refractivity contribution is 0.0690. The number of hydrogen-bond donors (Lipinski definition) is 1. The monoisotopic (exact) mass is 340 g/mol. The molecule has 2 heterocycles. The number of carboxylic acids is 1. The van der Waals surface area contributed by atoms with Crippen molar-refractivity contribution in [1.29, 1.82) is 0 Å². The first-order valence-corrected chi connectivity index (χ1v) is 6.97. The molecule has 0 fully saturated rings. The van der Waals surface area contributed by atoms with Crippen LogP contribution in [0.15, 0.2) is 36.5 Å². The summed E-state index contributed by atoms with van der Waals surface area (Å²) >= 11 is 17.9. The molecule has 0 saturated carbocycles. The van der Waals surface area contributed by atoms with Gasteiger partial charge in [-0.3, -0.25) is 4.40 Å². The van der Waals surface area contributed by atoms with Crippen molar-refractivity contribution in [2.45, 2.75) is 0 Å². The molecular weight excluding hydrogens is 335 g/mol. The van der Waals surface area contributed by atoms with Crippen molar-refractivity contribution in [2.24, 2.45) is 0 Å². The summed E-state index contributed by atoms with van der Waals surface area (Å²) < 4.78 is 1.42. The molecule has 0 saturated heterocycles. The molecular formula is C14H7Cl3N2O2. The fraction of sp³-hybridized carbons (Fsp3) is 0. The fourth-order valence-electron chi connectivity index (χ4n) is 2.09. The van der Waals surface area contributed by atoms with E-state index in [1.807, 2.05) is 0 Å². The summed E-state index contributed by atoms with van der Waals surface area (Å²) in [6, 6.07) is 8.10. The molecule has 7 heteroatoms. The maximum atomic E-state index is 11.6. The van der Waals surface area contributed by atoms with Crippen molar-refractivity contribution in [3.63, 3.8) is 0 Å². The standard InChI is InChI=1S/C14H7Cl3N2O2/c15-7-1-3-9(10(17)5-7)12-13(14(20)21)19-6-8(16)2-4-11(19)18-12/h1-6H,(H,20,21). The van der Waals surface area contributed by atoms with Crippen molar-refractivity contribution < 1.29 is 9.90 Å². The number of aromatic carboxylic acids is 1. The number of halogens is 3. The van der Waals surface area contributed by atoms with Gasteiger partial charge in [-0.1, -0.05) is 34.8 Å². The van der Waals surface area contributed by atoms with Gasteiger partial charge in [-0.15, -0.1) is 0 Å². The highest BCUT2D eigenvalue weighted by Crippen LogP contribution is 2.33. The summed E-state index contributed by atoms with van der Waals surface area (Å²) in [5, 5.41) is 10.7. The first-order valence-electron chi connectivity index (χ1n) is 5.83. The summed E-state index contributed by atoms with van der Waals surface area (Å²) in [4.78, 5) is 15.9. The van der Waals surface area contributed by atoms with Gasteiger partial charge in [-0.25, -0.2) is 9.78 Å². The number of hydrogen-bond acceptors (Lipinski definition) is 2. The molecule has 1 N–H and O–H groups in total. The van der Waals surface area contributed by atoms with E-state index in [9.17, 15) is 9.90 Å². The van der Waals surface area contributed by atoms with Crippen molar-refractivity contribution >= 4 is 46.4 Å². The Morgan fingerprint density at radius 1 is 1.10 bits per heavy atom. The number of rotatable bonds is 2. The van der Waals surface area contributed by atoms with Gasteiger partial charge in [-0.05, 0) is 30.3 Å². The fourth-order valence-corrected chi connectivity index (χ4v) is 2.75. The van der Waals surface area contributed by atoms with Crippen LogP contribution in [0, 0.1) is 0 Å². The van der Waals surface area contributed by atoms with Crippen LogP contribution in [0.2, 0.25) is 15.1 Å². The third kappa shape index (κ3) is 2.46.